The average molecular weight is 421 g/mol. The highest BCUT2D eigenvalue weighted by Crippen LogP contribution is 2.33. The van der Waals surface area contributed by atoms with E-state index in [1.165, 1.54) is 13.4 Å². The van der Waals surface area contributed by atoms with E-state index in [9.17, 15) is 0 Å². The summed E-state index contributed by atoms with van der Waals surface area (Å²) in [4.78, 5) is 2.48. The molecule has 0 N–H and O–H groups in total. The fourth-order valence-corrected chi connectivity index (χ4v) is 3.22. The van der Waals surface area contributed by atoms with E-state index in [4.69, 9.17) is 4.74 Å². The molecule has 1 nitrogen and oxygen atoms in total. The van der Waals surface area contributed by atoms with Crippen LogP contribution in [0.25, 0.3) is 0 Å². The van der Waals surface area contributed by atoms with Crippen molar-refractivity contribution in [1.82, 2.24) is 0 Å². The summed E-state index contributed by atoms with van der Waals surface area (Å²) in [5.41, 5.74) is 0. The van der Waals surface area contributed by atoms with E-state index in [1.807, 2.05) is 12.1 Å². The molecule has 0 aliphatic heterocycles. The van der Waals surface area contributed by atoms with Gasteiger partial charge in [-0.25, -0.2) is 0 Å². The Kier molecular flexibility index (Phi) is 4.76. The first-order chi connectivity index (χ1) is 8.19. The van der Waals surface area contributed by atoms with Crippen molar-refractivity contribution in [3.8, 4) is 5.75 Å². The highest BCUT2D eigenvalue weighted by molar-refractivity contribution is 14.1. The van der Waals surface area contributed by atoms with Crippen LogP contribution in [0.1, 0.15) is 0 Å². The van der Waals surface area contributed by atoms with Crippen LogP contribution in [-0.4, -0.2) is 7.11 Å². The van der Waals surface area contributed by atoms with Gasteiger partial charge in [0, 0.05) is 17.8 Å². The highest BCUT2D eigenvalue weighted by atomic mass is 127. The zero-order valence-electron chi connectivity index (χ0n) is 9.11. The molecule has 0 heterocycles. The first-order valence-corrected chi connectivity index (χ1v) is 7.65. The molecule has 0 spiro atoms. The lowest BCUT2D eigenvalue weighted by Gasteiger charge is -2.06. The van der Waals surface area contributed by atoms with Crippen molar-refractivity contribution in [1.29, 1.82) is 0 Å². The van der Waals surface area contributed by atoms with E-state index in [0.717, 1.165) is 10.2 Å². The molecule has 2 aromatic rings. The number of hydrogen-bond donors (Lipinski definition) is 0. The molecule has 0 saturated heterocycles. The Balaban J connectivity index is 2.21. The Morgan fingerprint density at radius 1 is 1.12 bits per heavy atom. The molecule has 0 bridgehead atoms. The first kappa shape index (κ1) is 13.2. The SMILES string of the molecule is COc1ccc(Sc2ccc(Br)cc2)c(I)c1. The third-order valence-corrected chi connectivity index (χ3v) is 5.05. The van der Waals surface area contributed by atoms with E-state index >= 15 is 0 Å². The maximum atomic E-state index is 5.20. The van der Waals surface area contributed by atoms with Gasteiger partial charge in [0.15, 0.2) is 0 Å². The van der Waals surface area contributed by atoms with Crippen molar-refractivity contribution < 1.29 is 4.74 Å². The van der Waals surface area contributed by atoms with Crippen molar-refractivity contribution >= 4 is 50.3 Å². The lowest BCUT2D eigenvalue weighted by Crippen LogP contribution is -1.85. The number of rotatable bonds is 3. The summed E-state index contributed by atoms with van der Waals surface area (Å²) in [6.45, 7) is 0. The number of hydrogen-bond acceptors (Lipinski definition) is 2. The number of benzene rings is 2. The molecule has 17 heavy (non-hydrogen) atoms. The van der Waals surface area contributed by atoms with Gasteiger partial charge in [-0.05, 0) is 65.1 Å². The molecule has 0 atom stereocenters. The summed E-state index contributed by atoms with van der Waals surface area (Å²) in [7, 11) is 1.69. The maximum Gasteiger partial charge on any atom is 0.119 e. The van der Waals surface area contributed by atoms with Crippen molar-refractivity contribution in [3.05, 3.63) is 50.5 Å². The maximum absolute atomic E-state index is 5.20. The van der Waals surface area contributed by atoms with Gasteiger partial charge in [0.25, 0.3) is 0 Å². The van der Waals surface area contributed by atoms with Gasteiger partial charge in [-0.1, -0.05) is 27.7 Å². The van der Waals surface area contributed by atoms with E-state index in [2.05, 4.69) is 68.9 Å². The molecule has 0 amide bonds. The van der Waals surface area contributed by atoms with Gasteiger partial charge in [-0.3, -0.25) is 0 Å². The Hall–Kier alpha value is -0.200. The third-order valence-electron chi connectivity index (χ3n) is 2.18. The summed E-state index contributed by atoms with van der Waals surface area (Å²) in [5.74, 6) is 0.898. The van der Waals surface area contributed by atoms with Crippen LogP contribution in [0.2, 0.25) is 0 Å². The molecule has 0 saturated carbocycles. The van der Waals surface area contributed by atoms with Crippen molar-refractivity contribution in [2.75, 3.05) is 7.11 Å². The summed E-state index contributed by atoms with van der Waals surface area (Å²) in [6, 6.07) is 14.4. The third kappa shape index (κ3) is 3.63. The Labute approximate surface area is 127 Å². The van der Waals surface area contributed by atoms with Crippen LogP contribution in [0.15, 0.2) is 56.7 Å². The molecule has 4 heteroatoms. The van der Waals surface area contributed by atoms with Gasteiger partial charge in [-0.2, -0.15) is 0 Å². The van der Waals surface area contributed by atoms with Crippen LogP contribution in [0, 0.1) is 3.57 Å². The van der Waals surface area contributed by atoms with E-state index < -0.39 is 0 Å². The van der Waals surface area contributed by atoms with E-state index in [1.54, 1.807) is 18.9 Å². The van der Waals surface area contributed by atoms with E-state index in [-0.39, 0.29) is 0 Å². The highest BCUT2D eigenvalue weighted by Gasteiger charge is 2.04. The van der Waals surface area contributed by atoms with Crippen LogP contribution >= 0.6 is 50.3 Å². The van der Waals surface area contributed by atoms with Gasteiger partial charge in [0.1, 0.15) is 5.75 Å². The van der Waals surface area contributed by atoms with Gasteiger partial charge >= 0.3 is 0 Å². The quantitative estimate of drug-likeness (QED) is 0.630. The van der Waals surface area contributed by atoms with Crippen LogP contribution in [0.5, 0.6) is 5.75 Å². The minimum Gasteiger partial charge on any atom is -0.497 e. The molecule has 0 fully saturated rings. The minimum atomic E-state index is 0.898. The monoisotopic (exact) mass is 420 g/mol. The summed E-state index contributed by atoms with van der Waals surface area (Å²) in [6.07, 6.45) is 0. The first-order valence-electron chi connectivity index (χ1n) is 4.96. The van der Waals surface area contributed by atoms with Crippen LogP contribution < -0.4 is 4.74 Å². The average Bonchev–Trinajstić information content (AvgIpc) is 2.34. The van der Waals surface area contributed by atoms with Crippen molar-refractivity contribution in [3.63, 3.8) is 0 Å². The second kappa shape index (κ2) is 6.11. The number of ether oxygens (including phenoxy) is 1. The lowest BCUT2D eigenvalue weighted by molar-refractivity contribution is 0.414. The molecule has 2 rings (SSSR count). The molecule has 2 aromatic carbocycles. The summed E-state index contributed by atoms with van der Waals surface area (Å²) < 4.78 is 7.50. The lowest BCUT2D eigenvalue weighted by atomic mass is 10.3. The van der Waals surface area contributed by atoms with Gasteiger partial charge in [-0.15, -0.1) is 0 Å². The minimum absolute atomic E-state index is 0.898. The van der Waals surface area contributed by atoms with Crippen LogP contribution in [0.4, 0.5) is 0 Å². The van der Waals surface area contributed by atoms with E-state index in [0.29, 0.717) is 0 Å². The standard InChI is InChI=1S/C13H10BrIOS/c1-16-10-4-7-13(12(15)8-10)17-11-5-2-9(14)3-6-11/h2-8H,1H3. The molecular weight excluding hydrogens is 411 g/mol. The van der Waals surface area contributed by atoms with Gasteiger partial charge in [0.2, 0.25) is 0 Å². The molecule has 0 radical (unpaired) electrons. The predicted molar refractivity (Wildman–Crippen MR) is 84.0 cm³/mol. The second-order valence-corrected chi connectivity index (χ2v) is 6.55. The Morgan fingerprint density at radius 2 is 1.82 bits per heavy atom. The zero-order valence-corrected chi connectivity index (χ0v) is 13.7. The van der Waals surface area contributed by atoms with Gasteiger partial charge in [0.05, 0.1) is 7.11 Å². The second-order valence-electron chi connectivity index (χ2n) is 3.35. The molecule has 0 unspecified atom stereocenters. The van der Waals surface area contributed by atoms with Crippen molar-refractivity contribution in [2.24, 2.45) is 0 Å². The van der Waals surface area contributed by atoms with Crippen LogP contribution in [-0.2, 0) is 0 Å². The molecule has 88 valence electrons. The smallest absolute Gasteiger partial charge is 0.119 e. The molecule has 0 aliphatic carbocycles. The fourth-order valence-electron chi connectivity index (χ4n) is 1.32. The van der Waals surface area contributed by atoms with Crippen molar-refractivity contribution in [2.45, 2.75) is 9.79 Å². The molecule has 0 aromatic heterocycles. The normalized spacial score (nSPS) is 10.3. The topological polar surface area (TPSA) is 9.23 Å². The predicted octanol–water partition coefficient (Wildman–Crippen LogP) is 5.21. The van der Waals surface area contributed by atoms with Gasteiger partial charge < -0.3 is 4.74 Å². The number of methoxy groups -OCH3 is 1. The Bertz CT molecular complexity index is 513. The summed E-state index contributed by atoms with van der Waals surface area (Å²) in [5, 5.41) is 0. The molecular formula is C13H10BrIOS. The summed E-state index contributed by atoms with van der Waals surface area (Å²) >= 11 is 7.53. The van der Waals surface area contributed by atoms with Crippen LogP contribution in [0.3, 0.4) is 0 Å². The fraction of sp³-hybridized carbons (Fsp3) is 0.0769. The Morgan fingerprint density at radius 3 is 2.41 bits per heavy atom. The number of halogens is 2. The largest absolute Gasteiger partial charge is 0.497 e. The zero-order chi connectivity index (χ0) is 12.3. The molecule has 0 aliphatic rings.